The largest absolute Gasteiger partial charge is 0.396 e. The molecule has 0 aliphatic heterocycles. The lowest BCUT2D eigenvalue weighted by Gasteiger charge is -2.08. The Labute approximate surface area is 121 Å². The van der Waals surface area contributed by atoms with Crippen molar-refractivity contribution in [2.45, 2.75) is 10.8 Å². The van der Waals surface area contributed by atoms with Gasteiger partial charge in [0.05, 0.1) is 21.5 Å². The van der Waals surface area contributed by atoms with Gasteiger partial charge in [0.15, 0.2) is 5.03 Å². The summed E-state index contributed by atoms with van der Waals surface area (Å²) in [6.45, 7) is 0. The third kappa shape index (κ3) is 3.00. The third-order valence-corrected chi connectivity index (χ3v) is 4.95. The molecule has 0 saturated carbocycles. The van der Waals surface area contributed by atoms with Crippen LogP contribution in [0.15, 0.2) is 41.6 Å². The van der Waals surface area contributed by atoms with E-state index in [1.165, 1.54) is 12.3 Å². The molecule has 0 saturated heterocycles. The highest BCUT2D eigenvalue weighted by molar-refractivity contribution is 7.90. The van der Waals surface area contributed by atoms with Crippen LogP contribution in [-0.2, 0) is 15.6 Å². The van der Waals surface area contributed by atoms with Gasteiger partial charge < -0.3 is 5.73 Å². The number of pyridine rings is 1. The smallest absolute Gasteiger partial charge is 0.201 e. The summed E-state index contributed by atoms with van der Waals surface area (Å²) in [6, 6.07) is 7.89. The molecule has 100 valence electrons. The summed E-state index contributed by atoms with van der Waals surface area (Å²) in [7, 11) is -3.66. The van der Waals surface area contributed by atoms with E-state index in [0.717, 1.165) is 0 Å². The number of nitrogens with zero attached hydrogens (tertiary/aromatic N) is 1. The maximum Gasteiger partial charge on any atom is 0.201 e. The number of benzene rings is 1. The fourth-order valence-corrected chi connectivity index (χ4v) is 3.50. The highest BCUT2D eigenvalue weighted by atomic mass is 35.5. The van der Waals surface area contributed by atoms with Gasteiger partial charge in [0.1, 0.15) is 0 Å². The molecule has 0 atom stereocenters. The Kier molecular flexibility index (Phi) is 3.99. The van der Waals surface area contributed by atoms with Gasteiger partial charge in [0, 0.05) is 6.20 Å². The lowest BCUT2D eigenvalue weighted by Crippen LogP contribution is -2.10. The van der Waals surface area contributed by atoms with Crippen LogP contribution in [0.4, 0.5) is 5.69 Å². The topological polar surface area (TPSA) is 73.0 Å². The standard InChI is InChI=1S/C12H10Cl2N2O2S/c13-9-4-1-3-8(11(9)14)7-19(17,18)12-10(15)5-2-6-16-12/h1-6H,7,15H2. The van der Waals surface area contributed by atoms with E-state index in [1.807, 2.05) is 0 Å². The van der Waals surface area contributed by atoms with Gasteiger partial charge in [-0.25, -0.2) is 13.4 Å². The summed E-state index contributed by atoms with van der Waals surface area (Å²) in [6.07, 6.45) is 1.38. The minimum atomic E-state index is -3.66. The summed E-state index contributed by atoms with van der Waals surface area (Å²) in [5.41, 5.74) is 6.16. The molecule has 0 fully saturated rings. The highest BCUT2D eigenvalue weighted by Crippen LogP contribution is 2.29. The Morgan fingerprint density at radius 1 is 1.16 bits per heavy atom. The van der Waals surface area contributed by atoms with Crippen LogP contribution in [0.25, 0.3) is 0 Å². The number of aromatic nitrogens is 1. The number of hydrogen-bond acceptors (Lipinski definition) is 4. The molecule has 0 spiro atoms. The van der Waals surface area contributed by atoms with Crippen LogP contribution < -0.4 is 5.73 Å². The number of rotatable bonds is 3. The van der Waals surface area contributed by atoms with Crippen molar-refractivity contribution in [3.63, 3.8) is 0 Å². The number of halogens is 2. The molecule has 2 rings (SSSR count). The molecular formula is C12H10Cl2N2O2S. The molecule has 1 aromatic carbocycles. The first-order chi connectivity index (χ1) is 8.92. The molecule has 0 bridgehead atoms. The van der Waals surface area contributed by atoms with Gasteiger partial charge in [-0.2, -0.15) is 0 Å². The SMILES string of the molecule is Nc1cccnc1S(=O)(=O)Cc1cccc(Cl)c1Cl. The molecule has 1 aromatic heterocycles. The number of sulfone groups is 1. The highest BCUT2D eigenvalue weighted by Gasteiger charge is 2.21. The van der Waals surface area contributed by atoms with Gasteiger partial charge >= 0.3 is 0 Å². The fourth-order valence-electron chi connectivity index (χ4n) is 1.60. The van der Waals surface area contributed by atoms with Crippen LogP contribution >= 0.6 is 23.2 Å². The summed E-state index contributed by atoms with van der Waals surface area (Å²) in [5, 5.41) is 0.386. The zero-order chi connectivity index (χ0) is 14.0. The van der Waals surface area contributed by atoms with Crippen LogP contribution in [0.1, 0.15) is 5.56 Å². The molecular weight excluding hydrogens is 307 g/mol. The molecule has 0 aliphatic carbocycles. The Morgan fingerprint density at radius 3 is 2.58 bits per heavy atom. The molecule has 19 heavy (non-hydrogen) atoms. The van der Waals surface area contributed by atoms with Gasteiger partial charge in [-0.3, -0.25) is 0 Å². The van der Waals surface area contributed by atoms with E-state index >= 15 is 0 Å². The lowest BCUT2D eigenvalue weighted by atomic mass is 10.2. The van der Waals surface area contributed by atoms with Crippen LogP contribution in [0.3, 0.4) is 0 Å². The lowest BCUT2D eigenvalue weighted by molar-refractivity contribution is 0.592. The van der Waals surface area contributed by atoms with E-state index in [2.05, 4.69) is 4.98 Å². The first-order valence-corrected chi connectivity index (χ1v) is 7.69. The van der Waals surface area contributed by atoms with Crippen LogP contribution in [0, 0.1) is 0 Å². The third-order valence-electron chi connectivity index (χ3n) is 2.47. The minimum Gasteiger partial charge on any atom is -0.396 e. The molecule has 0 unspecified atom stereocenters. The van der Waals surface area contributed by atoms with E-state index in [1.54, 1.807) is 24.3 Å². The second-order valence-electron chi connectivity index (χ2n) is 3.87. The first-order valence-electron chi connectivity index (χ1n) is 5.28. The van der Waals surface area contributed by atoms with E-state index in [0.29, 0.717) is 10.6 Å². The van der Waals surface area contributed by atoms with Gasteiger partial charge in [0.25, 0.3) is 0 Å². The zero-order valence-corrected chi connectivity index (χ0v) is 12.0. The molecule has 2 N–H and O–H groups in total. The van der Waals surface area contributed by atoms with Crippen LogP contribution in [0.5, 0.6) is 0 Å². The molecule has 0 aliphatic rings. The van der Waals surface area contributed by atoms with Crippen molar-refractivity contribution in [2.75, 3.05) is 5.73 Å². The average Bonchev–Trinajstić information content (AvgIpc) is 2.35. The Hall–Kier alpha value is -1.30. The Bertz CT molecular complexity index is 717. The van der Waals surface area contributed by atoms with Crippen molar-refractivity contribution < 1.29 is 8.42 Å². The van der Waals surface area contributed by atoms with Crippen molar-refractivity contribution in [3.05, 3.63) is 52.1 Å². The van der Waals surface area contributed by atoms with E-state index in [4.69, 9.17) is 28.9 Å². The molecule has 7 heteroatoms. The molecule has 4 nitrogen and oxygen atoms in total. The number of nitrogens with two attached hydrogens (primary N) is 1. The van der Waals surface area contributed by atoms with E-state index < -0.39 is 9.84 Å². The van der Waals surface area contributed by atoms with Crippen molar-refractivity contribution >= 4 is 38.7 Å². The number of anilines is 1. The predicted molar refractivity (Wildman–Crippen MR) is 76.0 cm³/mol. The monoisotopic (exact) mass is 316 g/mol. The Morgan fingerprint density at radius 2 is 1.89 bits per heavy atom. The van der Waals surface area contributed by atoms with Crippen LogP contribution in [-0.4, -0.2) is 13.4 Å². The van der Waals surface area contributed by atoms with Crippen molar-refractivity contribution in [1.82, 2.24) is 4.98 Å². The summed E-state index contributed by atoms with van der Waals surface area (Å²) >= 11 is 11.8. The second kappa shape index (κ2) is 5.36. The summed E-state index contributed by atoms with van der Waals surface area (Å²) in [4.78, 5) is 3.81. The normalized spacial score (nSPS) is 11.5. The molecule has 0 radical (unpaired) electrons. The average molecular weight is 317 g/mol. The zero-order valence-electron chi connectivity index (χ0n) is 9.68. The quantitative estimate of drug-likeness (QED) is 0.944. The van der Waals surface area contributed by atoms with Gasteiger partial charge in [-0.15, -0.1) is 0 Å². The predicted octanol–water partition coefficient (Wildman–Crippen LogP) is 2.94. The van der Waals surface area contributed by atoms with Crippen molar-refractivity contribution in [3.8, 4) is 0 Å². The Balaban J connectivity index is 2.43. The maximum absolute atomic E-state index is 12.2. The van der Waals surface area contributed by atoms with Crippen molar-refractivity contribution in [1.29, 1.82) is 0 Å². The minimum absolute atomic E-state index is 0.112. The summed E-state index contributed by atoms with van der Waals surface area (Å²) < 4.78 is 24.5. The van der Waals surface area contributed by atoms with E-state index in [9.17, 15) is 8.42 Å². The number of nitrogen functional groups attached to an aromatic ring is 1. The first kappa shape index (κ1) is 14.1. The van der Waals surface area contributed by atoms with Crippen molar-refractivity contribution in [2.24, 2.45) is 0 Å². The van der Waals surface area contributed by atoms with Gasteiger partial charge in [0.2, 0.25) is 9.84 Å². The van der Waals surface area contributed by atoms with Crippen LogP contribution in [0.2, 0.25) is 10.0 Å². The maximum atomic E-state index is 12.2. The summed E-state index contributed by atoms with van der Waals surface area (Å²) in [5.74, 6) is -0.298. The van der Waals surface area contributed by atoms with Gasteiger partial charge in [-0.05, 0) is 23.8 Å². The van der Waals surface area contributed by atoms with Gasteiger partial charge in [-0.1, -0.05) is 35.3 Å². The van der Waals surface area contributed by atoms with E-state index in [-0.39, 0.29) is 21.5 Å². The molecule has 1 heterocycles. The number of hydrogen-bond donors (Lipinski definition) is 1. The molecule has 0 amide bonds. The fraction of sp³-hybridized carbons (Fsp3) is 0.0833. The molecule has 2 aromatic rings. The second-order valence-corrected chi connectivity index (χ2v) is 6.56.